The number of carbonyl (C=O) groups is 1. The van der Waals surface area contributed by atoms with Crippen LogP contribution >= 0.6 is 0 Å². The van der Waals surface area contributed by atoms with Gasteiger partial charge in [0.15, 0.2) is 18.4 Å². The van der Waals surface area contributed by atoms with Crippen molar-refractivity contribution in [1.29, 1.82) is 0 Å². The van der Waals surface area contributed by atoms with E-state index in [2.05, 4.69) is 45.0 Å². The summed E-state index contributed by atoms with van der Waals surface area (Å²) in [6.45, 7) is 10.3. The third kappa shape index (κ3) is 3.57. The fourth-order valence-corrected chi connectivity index (χ4v) is 9.33. The van der Waals surface area contributed by atoms with E-state index in [1.807, 2.05) is 50.2 Å². The molecule has 2 aliphatic heterocycles. The molecule has 0 saturated carbocycles. The van der Waals surface area contributed by atoms with Crippen LogP contribution in [0.1, 0.15) is 34.6 Å². The van der Waals surface area contributed by atoms with E-state index in [9.17, 15) is 4.79 Å². The summed E-state index contributed by atoms with van der Waals surface area (Å²) in [4.78, 5) is 11.9. The quantitative estimate of drug-likeness (QED) is 0.543. The molecule has 2 saturated heterocycles. The van der Waals surface area contributed by atoms with Crippen molar-refractivity contribution in [3.63, 3.8) is 0 Å². The summed E-state index contributed by atoms with van der Waals surface area (Å²) < 4.78 is 25.0. The van der Waals surface area contributed by atoms with Gasteiger partial charge >= 0.3 is 0 Å². The molecule has 2 heterocycles. The lowest BCUT2D eigenvalue weighted by atomic mass is 10.1. The maximum atomic E-state index is 11.9. The Morgan fingerprint density at radius 1 is 0.933 bits per heavy atom. The Morgan fingerprint density at radius 2 is 1.47 bits per heavy atom. The highest BCUT2D eigenvalue weighted by molar-refractivity contribution is 6.99. The Bertz CT molecular complexity index is 838. The highest BCUT2D eigenvalue weighted by Gasteiger charge is 2.60. The summed E-state index contributed by atoms with van der Waals surface area (Å²) in [5, 5.41) is 2.08. The minimum atomic E-state index is -2.85. The van der Waals surface area contributed by atoms with E-state index in [-0.39, 0.29) is 5.04 Å². The van der Waals surface area contributed by atoms with Gasteiger partial charge in [0.25, 0.3) is 8.32 Å². The van der Waals surface area contributed by atoms with E-state index in [4.69, 9.17) is 18.6 Å². The molecule has 2 aliphatic rings. The molecule has 2 aromatic carbocycles. The standard InChI is InChI=1S/C24H30O5Si/c1-23(2,3)30(17-12-8-6-9-13-17,18-14-10-7-11-15-18)29-20-19(16-25)26-22-21(20)27-24(4,5)28-22/h6-16,19-22H,1-5H3/t19-,20-,21-,22-/m1/s1. The third-order valence-electron chi connectivity index (χ3n) is 5.89. The number of ether oxygens (including phenoxy) is 3. The topological polar surface area (TPSA) is 54.0 Å². The lowest BCUT2D eigenvalue weighted by Crippen LogP contribution is -2.69. The molecule has 0 amide bonds. The summed E-state index contributed by atoms with van der Waals surface area (Å²) in [6.07, 6.45) is -1.56. The van der Waals surface area contributed by atoms with Crippen LogP contribution in [0.15, 0.2) is 60.7 Å². The van der Waals surface area contributed by atoms with Crippen LogP contribution in [0.2, 0.25) is 5.04 Å². The number of aldehydes is 1. The normalized spacial score (nSPS) is 28.3. The predicted molar refractivity (Wildman–Crippen MR) is 117 cm³/mol. The first-order valence-electron chi connectivity index (χ1n) is 10.4. The van der Waals surface area contributed by atoms with Crippen molar-refractivity contribution in [3.05, 3.63) is 60.7 Å². The fraction of sp³-hybridized carbons (Fsp3) is 0.458. The van der Waals surface area contributed by atoms with E-state index in [1.165, 1.54) is 0 Å². The van der Waals surface area contributed by atoms with Crippen molar-refractivity contribution in [2.45, 2.75) is 70.0 Å². The van der Waals surface area contributed by atoms with Crippen molar-refractivity contribution in [1.82, 2.24) is 0 Å². The van der Waals surface area contributed by atoms with Crippen LogP contribution in [0, 0.1) is 0 Å². The van der Waals surface area contributed by atoms with Gasteiger partial charge in [-0.05, 0) is 29.3 Å². The Hall–Kier alpha value is -1.83. The first-order valence-corrected chi connectivity index (χ1v) is 12.3. The molecule has 0 bridgehead atoms. The number of carbonyl (C=O) groups excluding carboxylic acids is 1. The molecule has 0 radical (unpaired) electrons. The molecule has 0 aliphatic carbocycles. The molecule has 2 fully saturated rings. The van der Waals surface area contributed by atoms with Gasteiger partial charge < -0.3 is 23.4 Å². The Morgan fingerprint density at radius 3 is 1.93 bits per heavy atom. The Balaban J connectivity index is 1.85. The molecule has 6 heteroatoms. The summed E-state index contributed by atoms with van der Waals surface area (Å²) in [7, 11) is -2.85. The summed E-state index contributed by atoms with van der Waals surface area (Å²) in [6, 6.07) is 20.7. The second kappa shape index (κ2) is 7.69. The third-order valence-corrected chi connectivity index (χ3v) is 10.9. The van der Waals surface area contributed by atoms with Crippen molar-refractivity contribution < 1.29 is 23.4 Å². The van der Waals surface area contributed by atoms with Gasteiger partial charge in [0, 0.05) is 0 Å². The van der Waals surface area contributed by atoms with Crippen molar-refractivity contribution in [3.8, 4) is 0 Å². The first kappa shape index (κ1) is 21.4. The van der Waals surface area contributed by atoms with Gasteiger partial charge in [-0.3, -0.25) is 0 Å². The van der Waals surface area contributed by atoms with Gasteiger partial charge in [-0.25, -0.2) is 0 Å². The molecule has 30 heavy (non-hydrogen) atoms. The maximum absolute atomic E-state index is 11.9. The molecule has 2 aromatic rings. The molecule has 160 valence electrons. The van der Waals surface area contributed by atoms with Crippen LogP contribution in [0.25, 0.3) is 0 Å². The zero-order valence-electron chi connectivity index (χ0n) is 18.2. The second-order valence-electron chi connectivity index (χ2n) is 9.45. The minimum absolute atomic E-state index is 0.212. The number of hydrogen-bond acceptors (Lipinski definition) is 5. The van der Waals surface area contributed by atoms with Crippen LogP contribution in [0.3, 0.4) is 0 Å². The molecule has 5 nitrogen and oxygen atoms in total. The Labute approximate surface area is 179 Å². The van der Waals surface area contributed by atoms with Gasteiger partial charge in [0.1, 0.15) is 18.3 Å². The van der Waals surface area contributed by atoms with E-state index in [0.717, 1.165) is 16.7 Å². The Kier molecular flexibility index (Phi) is 5.49. The highest BCUT2D eigenvalue weighted by Crippen LogP contribution is 2.43. The van der Waals surface area contributed by atoms with Crippen molar-refractivity contribution in [2.24, 2.45) is 0 Å². The van der Waals surface area contributed by atoms with E-state index < -0.39 is 38.7 Å². The molecule has 0 aromatic heterocycles. The lowest BCUT2D eigenvalue weighted by Gasteiger charge is -2.45. The van der Waals surface area contributed by atoms with Gasteiger partial charge in [-0.15, -0.1) is 0 Å². The summed E-state index contributed by atoms with van der Waals surface area (Å²) in [5.41, 5.74) is 0. The largest absolute Gasteiger partial charge is 0.398 e. The van der Waals surface area contributed by atoms with E-state index in [1.54, 1.807) is 0 Å². The molecule has 0 spiro atoms. The minimum Gasteiger partial charge on any atom is -0.398 e. The van der Waals surface area contributed by atoms with Gasteiger partial charge in [-0.1, -0.05) is 81.4 Å². The van der Waals surface area contributed by atoms with Gasteiger partial charge in [0.05, 0.1) is 0 Å². The molecule has 4 rings (SSSR count). The zero-order valence-corrected chi connectivity index (χ0v) is 19.2. The van der Waals surface area contributed by atoms with Crippen molar-refractivity contribution >= 4 is 25.0 Å². The van der Waals surface area contributed by atoms with E-state index >= 15 is 0 Å². The molecular formula is C24H30O5Si. The fourth-order valence-electron chi connectivity index (χ4n) is 4.64. The average molecular weight is 427 g/mol. The molecule has 0 N–H and O–H groups in total. The number of hydrogen-bond donors (Lipinski definition) is 0. The number of benzene rings is 2. The molecule has 4 atom stereocenters. The molecule has 0 unspecified atom stereocenters. The highest BCUT2D eigenvalue weighted by atomic mass is 28.4. The first-order chi connectivity index (χ1) is 14.2. The van der Waals surface area contributed by atoms with Crippen LogP contribution in [-0.4, -0.2) is 45.0 Å². The second-order valence-corrected chi connectivity index (χ2v) is 13.7. The summed E-state index contributed by atoms with van der Waals surface area (Å²) in [5.74, 6) is -0.782. The predicted octanol–water partition coefficient (Wildman–Crippen LogP) is 3.01. The monoisotopic (exact) mass is 426 g/mol. The van der Waals surface area contributed by atoms with Gasteiger partial charge in [0.2, 0.25) is 0 Å². The van der Waals surface area contributed by atoms with Crippen LogP contribution < -0.4 is 10.4 Å². The zero-order chi connectivity index (χ0) is 21.6. The maximum Gasteiger partial charge on any atom is 0.261 e. The lowest BCUT2D eigenvalue weighted by molar-refractivity contribution is -0.211. The number of fused-ring (bicyclic) bond motifs is 1. The SMILES string of the molecule is CC1(C)O[C@H]2O[C@H](C=O)[C@@H](O[Si](c3ccccc3)(c3ccccc3)C(C)(C)C)[C@H]2O1. The summed E-state index contributed by atoms with van der Waals surface area (Å²) >= 11 is 0. The van der Waals surface area contributed by atoms with E-state index in [0.29, 0.717) is 0 Å². The van der Waals surface area contributed by atoms with Crippen LogP contribution in [0.5, 0.6) is 0 Å². The smallest absolute Gasteiger partial charge is 0.261 e. The van der Waals surface area contributed by atoms with Crippen LogP contribution in [-0.2, 0) is 23.4 Å². The van der Waals surface area contributed by atoms with Gasteiger partial charge in [-0.2, -0.15) is 0 Å². The molecular weight excluding hydrogens is 396 g/mol. The number of rotatable bonds is 5. The van der Waals surface area contributed by atoms with Crippen LogP contribution in [0.4, 0.5) is 0 Å². The van der Waals surface area contributed by atoms with Crippen molar-refractivity contribution in [2.75, 3.05) is 0 Å². The average Bonchev–Trinajstić information content (AvgIpc) is 3.17.